The number of aromatic nitrogens is 14. The van der Waals surface area contributed by atoms with Gasteiger partial charge < -0.3 is 9.13 Å². The maximum atomic E-state index is 14.3. The lowest BCUT2D eigenvalue weighted by molar-refractivity contribution is -0.137. The normalized spacial score (nSPS) is 11.7. The molecule has 13 aromatic rings. The number of benzene rings is 7. The Morgan fingerprint density at radius 3 is 1.00 bits per heavy atom. The molecule has 16 nitrogen and oxygen atoms in total. The van der Waals surface area contributed by atoms with Gasteiger partial charge in [0.15, 0.2) is 23.3 Å². The first-order chi connectivity index (χ1) is 40.4. The average molecular weight is 1110 g/mol. The third-order valence-corrected chi connectivity index (χ3v) is 14.7. The second-order valence-electron chi connectivity index (χ2n) is 20.6. The van der Waals surface area contributed by atoms with Gasteiger partial charge in [0.2, 0.25) is 0 Å². The molecule has 84 heavy (non-hydrogen) atoms. The van der Waals surface area contributed by atoms with Crippen LogP contribution in [-0.4, -0.2) is 68.9 Å². The summed E-state index contributed by atoms with van der Waals surface area (Å²) in [6.45, 7) is 14.6. The number of fused-ring (bicyclic) bond motifs is 6. The highest BCUT2D eigenvalue weighted by Crippen LogP contribution is 2.45. The van der Waals surface area contributed by atoms with Crippen molar-refractivity contribution in [2.24, 2.45) is 0 Å². The number of aryl methyl sites for hydroxylation is 8. The first-order valence-electron chi connectivity index (χ1n) is 26.6. The molecule has 0 aliphatic heterocycles. The van der Waals surface area contributed by atoms with Crippen molar-refractivity contribution in [2.45, 2.75) is 61.6 Å². The van der Waals surface area contributed by atoms with E-state index in [1.807, 2.05) is 152 Å². The van der Waals surface area contributed by atoms with Gasteiger partial charge in [-0.1, -0.05) is 12.1 Å². The van der Waals surface area contributed by atoms with Crippen molar-refractivity contribution in [3.8, 4) is 91.3 Å². The van der Waals surface area contributed by atoms with Crippen LogP contribution in [0.5, 0.6) is 0 Å². The molecule has 6 heterocycles. The van der Waals surface area contributed by atoms with Crippen molar-refractivity contribution < 1.29 is 13.2 Å². The number of nitriles is 2. The fourth-order valence-corrected chi connectivity index (χ4v) is 11.3. The maximum Gasteiger partial charge on any atom is 0.416 e. The minimum Gasteiger partial charge on any atom is -0.309 e. The first-order valence-corrected chi connectivity index (χ1v) is 26.6. The van der Waals surface area contributed by atoms with E-state index in [1.54, 1.807) is 6.07 Å². The summed E-state index contributed by atoms with van der Waals surface area (Å²) in [4.78, 5) is 55.5. The molecule has 0 saturated carbocycles. The van der Waals surface area contributed by atoms with E-state index in [4.69, 9.17) is 39.9 Å². The molecular formula is C65H45F3N16. The van der Waals surface area contributed by atoms with Crippen LogP contribution < -0.4 is 0 Å². The highest BCUT2D eigenvalue weighted by atomic mass is 19.4. The fourth-order valence-electron chi connectivity index (χ4n) is 11.3. The predicted molar refractivity (Wildman–Crippen MR) is 314 cm³/mol. The molecule has 0 spiro atoms. The Labute approximate surface area is 477 Å². The van der Waals surface area contributed by atoms with Crippen molar-refractivity contribution in [3.05, 3.63) is 191 Å². The van der Waals surface area contributed by atoms with Crippen molar-refractivity contribution in [1.29, 1.82) is 10.5 Å². The van der Waals surface area contributed by atoms with Crippen molar-refractivity contribution in [2.75, 3.05) is 0 Å². The molecule has 406 valence electrons. The molecule has 6 aromatic heterocycles. The van der Waals surface area contributed by atoms with Crippen LogP contribution in [0.1, 0.15) is 63.3 Å². The summed E-state index contributed by atoms with van der Waals surface area (Å²) >= 11 is 0. The van der Waals surface area contributed by atoms with Gasteiger partial charge in [-0.3, -0.25) is 0 Å². The third-order valence-electron chi connectivity index (χ3n) is 14.7. The number of halogens is 3. The van der Waals surface area contributed by atoms with Gasteiger partial charge in [0.25, 0.3) is 0 Å². The molecule has 0 bridgehead atoms. The zero-order valence-electron chi connectivity index (χ0n) is 46.4. The minimum absolute atomic E-state index is 0.166. The van der Waals surface area contributed by atoms with E-state index in [0.29, 0.717) is 104 Å². The monoisotopic (exact) mass is 1110 g/mol. The van der Waals surface area contributed by atoms with Crippen molar-refractivity contribution in [1.82, 2.24) is 68.9 Å². The van der Waals surface area contributed by atoms with Crippen molar-refractivity contribution >= 4 is 43.6 Å². The standard InChI is InChI=1S/C65H45F3N16/c1-32-71-33(2)76-61(75-32)42-11-19-57-51(26-42)52-27-43(62-77-34(3)72-35(4)78-62)12-20-58(52)83(57)55-17-9-40(30-69)23-49(55)50-25-41(48-16-15-47(65(66,67)68)24-46(48)31-70)10-18-56(50)84-59-21-13-44(63-79-36(5)73-37(6)80-63)28-53(59)54-29-45(14-22-60(54)84)64-81-38(7)74-39(8)82-64/h9-29H,1-8H3. The van der Waals surface area contributed by atoms with Gasteiger partial charge in [-0.2, -0.15) is 23.7 Å². The third kappa shape index (κ3) is 9.23. The van der Waals surface area contributed by atoms with Gasteiger partial charge in [-0.25, -0.2) is 59.8 Å². The molecule has 19 heteroatoms. The molecule has 7 aromatic carbocycles. The van der Waals surface area contributed by atoms with Gasteiger partial charge in [0.05, 0.1) is 62.3 Å². The van der Waals surface area contributed by atoms with Gasteiger partial charge in [0.1, 0.15) is 46.6 Å². The van der Waals surface area contributed by atoms with Crippen LogP contribution in [0.4, 0.5) is 13.2 Å². The summed E-state index contributed by atoms with van der Waals surface area (Å²) < 4.78 is 47.1. The Balaban J connectivity index is 1.13. The zero-order valence-corrected chi connectivity index (χ0v) is 46.4. The Hall–Kier alpha value is -11.1. The lowest BCUT2D eigenvalue weighted by atomic mass is 9.92. The van der Waals surface area contributed by atoms with Gasteiger partial charge in [-0.15, -0.1) is 0 Å². The highest BCUT2D eigenvalue weighted by Gasteiger charge is 2.32. The number of rotatable bonds is 8. The summed E-state index contributed by atoms with van der Waals surface area (Å²) in [6, 6.07) is 42.8. The molecule has 13 rings (SSSR count). The SMILES string of the molecule is Cc1nc(C)nc(-c2ccc3c(c2)c2cc(-c4nc(C)nc(C)n4)ccc2n3-c2ccc(C#N)cc2-c2cc(-c3ccc(C(F)(F)F)cc3C#N)ccc2-n2c3ccc(-c4nc(C)nc(C)n4)cc3c3cc(-c4nc(C)nc(C)n4)ccc32)n1. The molecule has 0 aliphatic carbocycles. The summed E-state index contributed by atoms with van der Waals surface area (Å²) in [5.41, 5.74) is 8.58. The summed E-state index contributed by atoms with van der Waals surface area (Å²) in [5.74, 6) is 6.59. The van der Waals surface area contributed by atoms with E-state index in [2.05, 4.69) is 47.3 Å². The second kappa shape index (κ2) is 19.9. The molecule has 0 amide bonds. The molecule has 0 saturated heterocycles. The Morgan fingerprint density at radius 1 is 0.333 bits per heavy atom. The fraction of sp³-hybridized carbons (Fsp3) is 0.138. The smallest absolute Gasteiger partial charge is 0.309 e. The summed E-state index contributed by atoms with van der Waals surface area (Å²) in [7, 11) is 0. The topological polar surface area (TPSA) is 212 Å². The van der Waals surface area contributed by atoms with Crippen molar-refractivity contribution in [3.63, 3.8) is 0 Å². The van der Waals surface area contributed by atoms with E-state index < -0.39 is 11.7 Å². The van der Waals surface area contributed by atoms with Crippen LogP contribution in [-0.2, 0) is 6.18 Å². The van der Waals surface area contributed by atoms with E-state index >= 15 is 0 Å². The summed E-state index contributed by atoms with van der Waals surface area (Å²) in [5, 5.41) is 24.7. The van der Waals surface area contributed by atoms with E-state index in [0.717, 1.165) is 78.0 Å². The van der Waals surface area contributed by atoms with Crippen LogP contribution in [0.15, 0.2) is 127 Å². The van der Waals surface area contributed by atoms with Crippen LogP contribution in [0.3, 0.4) is 0 Å². The molecule has 0 fully saturated rings. The number of hydrogen-bond acceptors (Lipinski definition) is 14. The molecule has 0 N–H and O–H groups in total. The zero-order chi connectivity index (χ0) is 58.5. The van der Waals surface area contributed by atoms with Crippen LogP contribution in [0.2, 0.25) is 0 Å². The highest BCUT2D eigenvalue weighted by molar-refractivity contribution is 6.14. The van der Waals surface area contributed by atoms with E-state index in [9.17, 15) is 23.7 Å². The van der Waals surface area contributed by atoms with Gasteiger partial charge in [-0.05, 0) is 182 Å². The van der Waals surface area contributed by atoms with Gasteiger partial charge in [0, 0.05) is 54.9 Å². The quantitative estimate of drug-likeness (QED) is 0.138. The van der Waals surface area contributed by atoms with Gasteiger partial charge >= 0.3 is 6.18 Å². The molecule has 0 radical (unpaired) electrons. The van der Waals surface area contributed by atoms with Crippen LogP contribution >= 0.6 is 0 Å². The maximum absolute atomic E-state index is 14.3. The molecule has 0 unspecified atom stereocenters. The lowest BCUT2D eigenvalue weighted by Crippen LogP contribution is -2.05. The molecule has 0 aliphatic rings. The Morgan fingerprint density at radius 2 is 0.667 bits per heavy atom. The first kappa shape index (κ1) is 52.3. The minimum atomic E-state index is -4.69. The Kier molecular flexibility index (Phi) is 12.4. The van der Waals surface area contributed by atoms with Crippen LogP contribution in [0, 0.1) is 78.1 Å². The second-order valence-corrected chi connectivity index (χ2v) is 20.6. The Bertz CT molecular complexity index is 4750. The number of hydrogen-bond donors (Lipinski definition) is 0. The molecule has 0 atom stereocenters. The van der Waals surface area contributed by atoms with Crippen LogP contribution in [0.25, 0.3) is 123 Å². The van der Waals surface area contributed by atoms with E-state index in [1.165, 1.54) is 6.07 Å². The average Bonchev–Trinajstić information content (AvgIpc) is 1.92. The largest absolute Gasteiger partial charge is 0.416 e. The number of nitrogens with zero attached hydrogens (tertiary/aromatic N) is 16. The van der Waals surface area contributed by atoms with E-state index in [-0.39, 0.29) is 11.1 Å². The lowest BCUT2D eigenvalue weighted by Gasteiger charge is -2.20. The summed E-state index contributed by atoms with van der Waals surface area (Å²) in [6.07, 6.45) is -4.69. The molecular weight excluding hydrogens is 1060 g/mol. The number of alkyl halides is 3. The predicted octanol–water partition coefficient (Wildman–Crippen LogP) is 13.9.